The molecule has 0 aromatic heterocycles. The van der Waals surface area contributed by atoms with Crippen molar-refractivity contribution in [3.63, 3.8) is 0 Å². The summed E-state index contributed by atoms with van der Waals surface area (Å²) < 4.78 is 22.5. The van der Waals surface area contributed by atoms with Gasteiger partial charge in [0.1, 0.15) is 0 Å². The fraction of sp³-hybridized carbons (Fsp3) is 0.636. The lowest BCUT2D eigenvalue weighted by molar-refractivity contribution is 0.225. The molecule has 0 saturated heterocycles. The van der Waals surface area contributed by atoms with E-state index >= 15 is 0 Å². The molecule has 88 valence electrons. The lowest BCUT2D eigenvalue weighted by Gasteiger charge is -2.18. The topological polar surface area (TPSA) is 35.5 Å². The van der Waals surface area contributed by atoms with E-state index in [1.165, 1.54) is 0 Å². The van der Waals surface area contributed by atoms with Crippen LogP contribution < -0.4 is 0 Å². The van der Waals surface area contributed by atoms with Gasteiger partial charge in [0.15, 0.2) is 0 Å². The molecule has 0 unspecified atom stereocenters. The molecule has 0 saturated carbocycles. The second-order valence-corrected chi connectivity index (χ2v) is 5.22. The van der Waals surface area contributed by atoms with Crippen LogP contribution in [0.15, 0.2) is 24.5 Å². The van der Waals surface area contributed by atoms with Crippen LogP contribution >= 0.6 is 7.60 Å². The maximum absolute atomic E-state index is 12.1. The van der Waals surface area contributed by atoms with Crippen molar-refractivity contribution < 1.29 is 13.6 Å². The van der Waals surface area contributed by atoms with Gasteiger partial charge < -0.3 is 9.05 Å². The summed E-state index contributed by atoms with van der Waals surface area (Å²) in [5.41, 5.74) is 0. The smallest absolute Gasteiger partial charge is 0.306 e. The van der Waals surface area contributed by atoms with E-state index in [9.17, 15) is 4.57 Å². The van der Waals surface area contributed by atoms with Crippen molar-refractivity contribution >= 4 is 7.60 Å². The van der Waals surface area contributed by atoms with Gasteiger partial charge in [-0.1, -0.05) is 12.7 Å². The summed E-state index contributed by atoms with van der Waals surface area (Å²) in [7, 11) is -3.08. The van der Waals surface area contributed by atoms with E-state index in [2.05, 4.69) is 13.2 Å². The van der Waals surface area contributed by atoms with Gasteiger partial charge in [-0.15, -0.1) is 6.58 Å². The molecule has 0 radical (unpaired) electrons. The van der Waals surface area contributed by atoms with Gasteiger partial charge in [-0.2, -0.15) is 0 Å². The largest absolute Gasteiger partial charge is 0.356 e. The van der Waals surface area contributed by atoms with Crippen molar-refractivity contribution in [1.29, 1.82) is 0 Å². The number of unbranched alkanes of at least 4 members (excludes halogenated alkanes) is 1. The molecule has 4 heteroatoms. The fourth-order valence-electron chi connectivity index (χ4n) is 1.15. The Morgan fingerprint density at radius 3 is 2.27 bits per heavy atom. The number of rotatable bonds is 9. The predicted molar refractivity (Wildman–Crippen MR) is 64.0 cm³/mol. The van der Waals surface area contributed by atoms with Gasteiger partial charge in [-0.25, -0.2) is 0 Å². The van der Waals surface area contributed by atoms with Gasteiger partial charge in [0.2, 0.25) is 0 Å². The molecule has 0 heterocycles. The molecule has 0 rings (SSSR count). The minimum Gasteiger partial charge on any atom is -0.306 e. The molecule has 0 bridgehead atoms. The SMILES string of the molecule is C=CCCCC(=C)P(=O)(OCC)OCC. The molecule has 0 spiro atoms. The highest BCUT2D eigenvalue weighted by Gasteiger charge is 2.26. The zero-order chi connectivity index (χ0) is 11.7. The first-order valence-corrected chi connectivity index (χ1v) is 6.83. The third-order valence-corrected chi connectivity index (χ3v) is 4.05. The van der Waals surface area contributed by atoms with Crippen LogP contribution in [0.2, 0.25) is 0 Å². The normalized spacial score (nSPS) is 11.3. The molecular weight excluding hydrogens is 211 g/mol. The van der Waals surface area contributed by atoms with Gasteiger partial charge in [-0.3, -0.25) is 4.57 Å². The minimum absolute atomic E-state index is 0.373. The van der Waals surface area contributed by atoms with E-state index < -0.39 is 7.60 Å². The quantitative estimate of drug-likeness (QED) is 0.341. The first-order valence-electron chi connectivity index (χ1n) is 5.29. The molecular formula is C11H21O3P. The average Bonchev–Trinajstić information content (AvgIpc) is 2.18. The lowest BCUT2D eigenvalue weighted by Crippen LogP contribution is -1.98. The van der Waals surface area contributed by atoms with Crippen molar-refractivity contribution in [3.05, 3.63) is 24.5 Å². The highest BCUT2D eigenvalue weighted by molar-refractivity contribution is 7.58. The third kappa shape index (κ3) is 5.31. The van der Waals surface area contributed by atoms with Crippen LogP contribution in [0.3, 0.4) is 0 Å². The van der Waals surface area contributed by atoms with E-state index in [0.29, 0.717) is 24.9 Å². The molecule has 0 fully saturated rings. The highest BCUT2D eigenvalue weighted by Crippen LogP contribution is 2.56. The Kier molecular flexibility index (Phi) is 7.67. The third-order valence-electron chi connectivity index (χ3n) is 1.86. The Morgan fingerprint density at radius 2 is 1.87 bits per heavy atom. The van der Waals surface area contributed by atoms with E-state index in [-0.39, 0.29) is 0 Å². The molecule has 0 N–H and O–H groups in total. The van der Waals surface area contributed by atoms with Crippen LogP contribution in [0, 0.1) is 0 Å². The van der Waals surface area contributed by atoms with Crippen molar-refractivity contribution in [2.75, 3.05) is 13.2 Å². The van der Waals surface area contributed by atoms with Crippen molar-refractivity contribution in [2.45, 2.75) is 33.1 Å². The molecule has 3 nitrogen and oxygen atoms in total. The first-order chi connectivity index (χ1) is 7.10. The van der Waals surface area contributed by atoms with Gasteiger partial charge >= 0.3 is 7.60 Å². The Hall–Kier alpha value is -0.370. The first kappa shape index (κ1) is 14.6. The number of hydrogen-bond acceptors (Lipinski definition) is 3. The van der Waals surface area contributed by atoms with Crippen LogP contribution in [0.25, 0.3) is 0 Å². The maximum atomic E-state index is 12.1. The van der Waals surface area contributed by atoms with E-state index in [1.54, 1.807) is 13.8 Å². The van der Waals surface area contributed by atoms with Crippen molar-refractivity contribution in [1.82, 2.24) is 0 Å². The van der Waals surface area contributed by atoms with Crippen LogP contribution in [-0.2, 0) is 13.6 Å². The Labute approximate surface area is 92.7 Å². The average molecular weight is 232 g/mol. The Bertz CT molecular complexity index is 238. The molecule has 0 aliphatic carbocycles. The van der Waals surface area contributed by atoms with E-state index in [0.717, 1.165) is 12.8 Å². The van der Waals surface area contributed by atoms with Crippen molar-refractivity contribution in [3.8, 4) is 0 Å². The van der Waals surface area contributed by atoms with E-state index in [4.69, 9.17) is 9.05 Å². The summed E-state index contributed by atoms with van der Waals surface area (Å²) in [4.78, 5) is 0. The van der Waals surface area contributed by atoms with Crippen LogP contribution in [0.4, 0.5) is 0 Å². The van der Waals surface area contributed by atoms with Crippen LogP contribution in [0.5, 0.6) is 0 Å². The molecule has 0 aliphatic heterocycles. The molecule has 15 heavy (non-hydrogen) atoms. The Balaban J connectivity index is 4.28. The molecule has 0 atom stereocenters. The monoisotopic (exact) mass is 232 g/mol. The summed E-state index contributed by atoms with van der Waals surface area (Å²) in [5, 5.41) is 0.563. The predicted octanol–water partition coefficient (Wildman–Crippen LogP) is 4.12. The van der Waals surface area contributed by atoms with Gasteiger partial charge in [0.05, 0.1) is 13.2 Å². The summed E-state index contributed by atoms with van der Waals surface area (Å²) in [6, 6.07) is 0. The Morgan fingerprint density at radius 1 is 1.33 bits per heavy atom. The second kappa shape index (κ2) is 7.86. The summed E-state index contributed by atoms with van der Waals surface area (Å²) in [6.45, 7) is 11.8. The lowest BCUT2D eigenvalue weighted by atomic mass is 10.2. The van der Waals surface area contributed by atoms with Crippen LogP contribution in [-0.4, -0.2) is 13.2 Å². The summed E-state index contributed by atoms with van der Waals surface area (Å²) in [6.07, 6.45) is 4.26. The fourth-order valence-corrected chi connectivity index (χ4v) is 2.70. The zero-order valence-corrected chi connectivity index (χ0v) is 10.6. The molecule has 0 aromatic carbocycles. The molecule has 0 aliphatic rings. The second-order valence-electron chi connectivity index (χ2n) is 3.08. The van der Waals surface area contributed by atoms with Gasteiger partial charge in [-0.05, 0) is 33.1 Å². The number of allylic oxidation sites excluding steroid dienone is 2. The standard InChI is InChI=1S/C11H21O3P/c1-5-8-9-10-11(4)15(12,13-6-2)14-7-3/h5H,1,4,6-10H2,2-3H3. The maximum Gasteiger partial charge on any atom is 0.356 e. The van der Waals surface area contributed by atoms with Gasteiger partial charge in [0, 0.05) is 5.31 Å². The minimum atomic E-state index is -3.08. The summed E-state index contributed by atoms with van der Waals surface area (Å²) >= 11 is 0. The zero-order valence-electron chi connectivity index (χ0n) is 9.70. The number of hydrogen-bond donors (Lipinski definition) is 0. The van der Waals surface area contributed by atoms with Gasteiger partial charge in [0.25, 0.3) is 0 Å². The molecule has 0 amide bonds. The summed E-state index contributed by atoms with van der Waals surface area (Å²) in [5.74, 6) is 0. The highest BCUT2D eigenvalue weighted by atomic mass is 31.2. The van der Waals surface area contributed by atoms with Crippen LogP contribution in [0.1, 0.15) is 33.1 Å². The molecule has 0 aromatic rings. The van der Waals surface area contributed by atoms with E-state index in [1.807, 2.05) is 6.08 Å². The van der Waals surface area contributed by atoms with Crippen molar-refractivity contribution in [2.24, 2.45) is 0 Å².